The van der Waals surface area contributed by atoms with Crippen LogP contribution in [0.25, 0.3) is 98.4 Å². The zero-order valence-electron chi connectivity index (χ0n) is 33.2. The number of hydrogen-bond donors (Lipinski definition) is 0. The minimum atomic E-state index is -0.130. The van der Waals surface area contributed by atoms with Crippen molar-refractivity contribution >= 4 is 53.9 Å². The molecule has 0 spiro atoms. The van der Waals surface area contributed by atoms with Gasteiger partial charge in [-0.15, -0.1) is 0 Å². The predicted octanol–water partition coefficient (Wildman–Crippen LogP) is 16.1. The average molecular weight is 729 g/mol. The second-order valence-electron chi connectivity index (χ2n) is 17.6. The van der Waals surface area contributed by atoms with Gasteiger partial charge in [-0.2, -0.15) is 0 Å². The standard InChI is InChI=1S/C57H44/c1-56(2,3)54-48-23-13-11-21-45(48)52(43-24-14-16-37-15-6-7-17-40(37)43)46-31-29-38(33-50(46)54)35-25-27-36(28-26-35)39-30-32-49-51(34-39)57(4,5)55-47-22-12-9-19-42(47)41-18-8-10-20-44(41)53(49)55/h6-34H,1-5H3. The molecule has 0 radical (unpaired) electrons. The van der Waals surface area contributed by atoms with Crippen molar-refractivity contribution in [3.05, 3.63) is 193 Å². The van der Waals surface area contributed by atoms with Gasteiger partial charge in [0.25, 0.3) is 0 Å². The van der Waals surface area contributed by atoms with Crippen LogP contribution in [-0.2, 0) is 10.8 Å². The predicted molar refractivity (Wildman–Crippen MR) is 247 cm³/mol. The maximum absolute atomic E-state index is 2.46. The van der Waals surface area contributed by atoms with Crippen molar-refractivity contribution in [3.8, 4) is 44.5 Å². The highest BCUT2D eigenvalue weighted by molar-refractivity contribution is 6.20. The summed E-state index contributed by atoms with van der Waals surface area (Å²) in [6.07, 6.45) is 0. The summed E-state index contributed by atoms with van der Waals surface area (Å²) in [5.41, 5.74) is 14.4. The lowest BCUT2D eigenvalue weighted by Gasteiger charge is -2.27. The van der Waals surface area contributed by atoms with Gasteiger partial charge in [0.15, 0.2) is 0 Å². The summed E-state index contributed by atoms with van der Waals surface area (Å²) in [7, 11) is 0. The molecule has 0 nitrogen and oxygen atoms in total. The molecule has 272 valence electrons. The lowest BCUT2D eigenvalue weighted by atomic mass is 9.77. The third kappa shape index (κ3) is 5.00. The summed E-state index contributed by atoms with van der Waals surface area (Å²) in [5.74, 6) is 0. The Kier molecular flexibility index (Phi) is 7.26. The molecule has 0 N–H and O–H groups in total. The SMILES string of the molecule is CC(C)(C)c1c2ccccc2c(-c2cccc3ccccc23)c2ccc(-c3ccc(-c4ccc5c(c4)C(C)(C)c4c-5c5ccccc5c5ccccc45)cc3)cc12. The first kappa shape index (κ1) is 33.8. The van der Waals surface area contributed by atoms with E-state index in [1.54, 1.807) is 0 Å². The van der Waals surface area contributed by atoms with Crippen LogP contribution in [0.1, 0.15) is 51.3 Å². The van der Waals surface area contributed by atoms with E-state index in [9.17, 15) is 0 Å². The molecule has 0 aromatic heterocycles. The van der Waals surface area contributed by atoms with E-state index in [1.807, 2.05) is 0 Å². The van der Waals surface area contributed by atoms with Crippen molar-refractivity contribution in [1.29, 1.82) is 0 Å². The largest absolute Gasteiger partial charge is 0.0616 e. The molecule has 0 heterocycles. The highest BCUT2D eigenvalue weighted by Gasteiger charge is 2.38. The molecule has 0 unspecified atom stereocenters. The van der Waals surface area contributed by atoms with Gasteiger partial charge < -0.3 is 0 Å². The maximum atomic E-state index is 2.46. The highest BCUT2D eigenvalue weighted by Crippen LogP contribution is 2.55. The van der Waals surface area contributed by atoms with Crippen LogP contribution in [-0.4, -0.2) is 0 Å². The first-order chi connectivity index (χ1) is 27.7. The third-order valence-corrected chi connectivity index (χ3v) is 12.9. The molecule has 11 rings (SSSR count). The number of fused-ring (bicyclic) bond motifs is 11. The van der Waals surface area contributed by atoms with Crippen LogP contribution in [0.15, 0.2) is 176 Å². The van der Waals surface area contributed by atoms with Gasteiger partial charge in [-0.1, -0.05) is 198 Å². The Hall–Kier alpha value is -6.50. The van der Waals surface area contributed by atoms with Crippen LogP contribution < -0.4 is 0 Å². The molecule has 0 atom stereocenters. The maximum Gasteiger partial charge on any atom is 0.0165 e. The number of hydrogen-bond acceptors (Lipinski definition) is 0. The van der Waals surface area contributed by atoms with Crippen molar-refractivity contribution in [2.45, 2.75) is 45.4 Å². The van der Waals surface area contributed by atoms with E-state index in [4.69, 9.17) is 0 Å². The van der Waals surface area contributed by atoms with Crippen LogP contribution in [0.4, 0.5) is 0 Å². The van der Waals surface area contributed by atoms with E-state index in [0.29, 0.717) is 0 Å². The molecule has 0 fully saturated rings. The van der Waals surface area contributed by atoms with E-state index < -0.39 is 0 Å². The molecule has 0 amide bonds. The lowest BCUT2D eigenvalue weighted by molar-refractivity contribution is 0.601. The summed E-state index contributed by atoms with van der Waals surface area (Å²) in [6, 6.07) is 66.0. The van der Waals surface area contributed by atoms with Gasteiger partial charge in [-0.3, -0.25) is 0 Å². The first-order valence-electron chi connectivity index (χ1n) is 20.4. The summed E-state index contributed by atoms with van der Waals surface area (Å²) >= 11 is 0. The second-order valence-corrected chi connectivity index (χ2v) is 17.6. The molecule has 10 aromatic rings. The fourth-order valence-electron chi connectivity index (χ4n) is 10.4. The smallest absolute Gasteiger partial charge is 0.0165 e. The van der Waals surface area contributed by atoms with Gasteiger partial charge in [-0.25, -0.2) is 0 Å². The van der Waals surface area contributed by atoms with Gasteiger partial charge >= 0.3 is 0 Å². The fraction of sp³-hybridized carbons (Fsp3) is 0.123. The normalized spacial score (nSPS) is 13.5. The topological polar surface area (TPSA) is 0 Å². The summed E-state index contributed by atoms with van der Waals surface area (Å²) < 4.78 is 0. The Morgan fingerprint density at radius 1 is 0.351 bits per heavy atom. The van der Waals surface area contributed by atoms with Gasteiger partial charge in [0.2, 0.25) is 0 Å². The molecule has 1 aliphatic carbocycles. The van der Waals surface area contributed by atoms with Crippen LogP contribution in [0, 0.1) is 0 Å². The molecule has 10 aromatic carbocycles. The van der Waals surface area contributed by atoms with Gasteiger partial charge in [0.05, 0.1) is 0 Å². The number of rotatable bonds is 3. The Labute approximate surface area is 335 Å². The molecular weight excluding hydrogens is 685 g/mol. The fourth-order valence-corrected chi connectivity index (χ4v) is 10.4. The van der Waals surface area contributed by atoms with Gasteiger partial charge in [0.1, 0.15) is 0 Å². The second kappa shape index (κ2) is 12.2. The lowest BCUT2D eigenvalue weighted by Crippen LogP contribution is -2.15. The Bertz CT molecular complexity index is 3270. The Morgan fingerprint density at radius 2 is 0.842 bits per heavy atom. The summed E-state index contributed by atoms with van der Waals surface area (Å²) in [4.78, 5) is 0. The molecular formula is C57H44. The molecule has 1 aliphatic rings. The van der Waals surface area contributed by atoms with Crippen molar-refractivity contribution in [2.24, 2.45) is 0 Å². The summed E-state index contributed by atoms with van der Waals surface area (Å²) in [5, 5.41) is 13.2. The zero-order chi connectivity index (χ0) is 38.6. The van der Waals surface area contributed by atoms with Crippen LogP contribution in [0.3, 0.4) is 0 Å². The molecule has 57 heavy (non-hydrogen) atoms. The van der Waals surface area contributed by atoms with Gasteiger partial charge in [0, 0.05) is 5.41 Å². The summed E-state index contributed by atoms with van der Waals surface area (Å²) in [6.45, 7) is 11.9. The highest BCUT2D eigenvalue weighted by atomic mass is 14.4. The van der Waals surface area contributed by atoms with Crippen LogP contribution in [0.2, 0.25) is 0 Å². The molecule has 0 heteroatoms. The van der Waals surface area contributed by atoms with E-state index in [-0.39, 0.29) is 10.8 Å². The molecule has 0 bridgehead atoms. The van der Waals surface area contributed by atoms with Crippen molar-refractivity contribution in [2.75, 3.05) is 0 Å². The minimum absolute atomic E-state index is 0.0583. The van der Waals surface area contributed by atoms with Crippen LogP contribution in [0.5, 0.6) is 0 Å². The zero-order valence-corrected chi connectivity index (χ0v) is 33.2. The average Bonchev–Trinajstić information content (AvgIpc) is 3.48. The van der Waals surface area contributed by atoms with Crippen molar-refractivity contribution in [1.82, 2.24) is 0 Å². The Balaban J connectivity index is 1.04. The first-order valence-corrected chi connectivity index (χ1v) is 20.4. The minimum Gasteiger partial charge on any atom is -0.0616 e. The molecule has 0 aliphatic heterocycles. The van der Waals surface area contributed by atoms with Crippen molar-refractivity contribution in [3.63, 3.8) is 0 Å². The van der Waals surface area contributed by atoms with E-state index >= 15 is 0 Å². The van der Waals surface area contributed by atoms with Crippen LogP contribution >= 0.6 is 0 Å². The van der Waals surface area contributed by atoms with Crippen molar-refractivity contribution < 1.29 is 0 Å². The van der Waals surface area contributed by atoms with E-state index in [1.165, 1.54) is 115 Å². The quantitative estimate of drug-likeness (QED) is 0.126. The third-order valence-electron chi connectivity index (χ3n) is 12.9. The van der Waals surface area contributed by atoms with E-state index in [2.05, 4.69) is 211 Å². The monoisotopic (exact) mass is 728 g/mol. The molecule has 0 saturated carbocycles. The molecule has 0 saturated heterocycles. The van der Waals surface area contributed by atoms with Gasteiger partial charge in [-0.05, 0) is 133 Å². The Morgan fingerprint density at radius 3 is 1.53 bits per heavy atom. The number of benzene rings is 10. The van der Waals surface area contributed by atoms with E-state index in [0.717, 1.165) is 0 Å².